The molecule has 0 saturated carbocycles. The summed E-state index contributed by atoms with van der Waals surface area (Å²) in [6.45, 7) is 0. The third kappa shape index (κ3) is 9.54. The van der Waals surface area contributed by atoms with Gasteiger partial charge in [0.25, 0.3) is 0 Å². The summed E-state index contributed by atoms with van der Waals surface area (Å²) in [6, 6.07) is 0. The van der Waals surface area contributed by atoms with E-state index in [4.69, 9.17) is 0 Å². The Kier molecular flexibility index (Phi) is 8.00. The van der Waals surface area contributed by atoms with Crippen molar-refractivity contribution in [1.82, 2.24) is 4.72 Å². The molecule has 0 heterocycles. The second-order valence-corrected chi connectivity index (χ2v) is 5.35. The zero-order chi connectivity index (χ0) is 9.12. The molecule has 1 N–H and O–H groups in total. The van der Waals surface area contributed by atoms with Crippen LogP contribution in [0.3, 0.4) is 0 Å². The van der Waals surface area contributed by atoms with E-state index in [9.17, 15) is 21.4 Å². The summed E-state index contributed by atoms with van der Waals surface area (Å²) in [4.78, 5) is 0. The van der Waals surface area contributed by atoms with Crippen LogP contribution < -0.4 is 56.1 Å². The number of rotatable bonds is 4. The molecule has 0 aromatic carbocycles. The van der Waals surface area contributed by atoms with Gasteiger partial charge < -0.3 is 4.55 Å². The SMILES string of the molecule is CNS(=O)(=O)CCS(=O)(=O)[O-].[K+]. The van der Waals surface area contributed by atoms with Crippen LogP contribution in [0.1, 0.15) is 0 Å². The molecule has 0 spiro atoms. The topological polar surface area (TPSA) is 103 Å². The summed E-state index contributed by atoms with van der Waals surface area (Å²) in [5.41, 5.74) is 0. The molecule has 0 aliphatic rings. The third-order valence-electron chi connectivity index (χ3n) is 0.913. The van der Waals surface area contributed by atoms with Crippen molar-refractivity contribution in [3.8, 4) is 0 Å². The van der Waals surface area contributed by atoms with Gasteiger partial charge in [-0.3, -0.25) is 0 Å². The maximum absolute atomic E-state index is 10.5. The molecule has 12 heavy (non-hydrogen) atoms. The fourth-order valence-corrected chi connectivity index (χ4v) is 2.21. The van der Waals surface area contributed by atoms with Crippen molar-refractivity contribution < 1.29 is 72.8 Å². The molecule has 0 unspecified atom stereocenters. The van der Waals surface area contributed by atoms with Crippen LogP contribution in [0.5, 0.6) is 0 Å². The van der Waals surface area contributed by atoms with Crippen LogP contribution in [0, 0.1) is 0 Å². The van der Waals surface area contributed by atoms with Crippen LogP contribution >= 0.6 is 0 Å². The van der Waals surface area contributed by atoms with Gasteiger partial charge >= 0.3 is 51.4 Å². The smallest absolute Gasteiger partial charge is 0.748 e. The number of sulfonamides is 1. The van der Waals surface area contributed by atoms with E-state index in [0.29, 0.717) is 0 Å². The maximum Gasteiger partial charge on any atom is 1.00 e. The fourth-order valence-electron chi connectivity index (χ4n) is 0.314. The van der Waals surface area contributed by atoms with Gasteiger partial charge in [-0.25, -0.2) is 21.6 Å². The number of nitrogens with one attached hydrogen (secondary N) is 1. The Morgan fingerprint density at radius 1 is 1.17 bits per heavy atom. The molecule has 68 valence electrons. The van der Waals surface area contributed by atoms with Crippen LogP contribution in [0.4, 0.5) is 0 Å². The van der Waals surface area contributed by atoms with Crippen LogP contribution in [0.2, 0.25) is 0 Å². The average Bonchev–Trinajstić information content (AvgIpc) is 1.83. The first-order chi connectivity index (χ1) is 4.77. The van der Waals surface area contributed by atoms with E-state index in [1.165, 1.54) is 0 Å². The van der Waals surface area contributed by atoms with E-state index in [-0.39, 0.29) is 51.4 Å². The minimum atomic E-state index is -4.44. The Morgan fingerprint density at radius 3 is 1.83 bits per heavy atom. The van der Waals surface area contributed by atoms with Gasteiger partial charge in [0.05, 0.1) is 21.6 Å². The van der Waals surface area contributed by atoms with Crippen molar-refractivity contribution in [3.63, 3.8) is 0 Å². The molecule has 0 amide bonds. The van der Waals surface area contributed by atoms with Gasteiger partial charge in [-0.05, 0) is 7.05 Å². The third-order valence-corrected chi connectivity index (χ3v) is 3.24. The Bertz CT molecular complexity index is 306. The van der Waals surface area contributed by atoms with Crippen LogP contribution in [-0.4, -0.2) is 39.9 Å². The van der Waals surface area contributed by atoms with Gasteiger partial charge in [-0.2, -0.15) is 0 Å². The molecular formula is C3H8KNO5S2. The van der Waals surface area contributed by atoms with Crippen molar-refractivity contribution in [3.05, 3.63) is 0 Å². The van der Waals surface area contributed by atoms with Crippen molar-refractivity contribution in [2.24, 2.45) is 0 Å². The quantitative estimate of drug-likeness (QED) is 0.392. The second-order valence-electron chi connectivity index (χ2n) is 1.78. The summed E-state index contributed by atoms with van der Waals surface area (Å²) in [7, 11) is -6.87. The first kappa shape index (κ1) is 15.9. The van der Waals surface area contributed by atoms with Gasteiger partial charge in [0.15, 0.2) is 0 Å². The van der Waals surface area contributed by atoms with Crippen molar-refractivity contribution in [2.75, 3.05) is 18.6 Å². The van der Waals surface area contributed by atoms with Crippen LogP contribution in [-0.2, 0) is 20.1 Å². The minimum Gasteiger partial charge on any atom is -0.748 e. The molecule has 0 aromatic rings. The van der Waals surface area contributed by atoms with E-state index >= 15 is 0 Å². The van der Waals surface area contributed by atoms with E-state index in [1.54, 1.807) is 0 Å². The second kappa shape index (κ2) is 6.04. The normalized spacial score (nSPS) is 12.2. The Morgan fingerprint density at radius 2 is 1.58 bits per heavy atom. The molecule has 0 aromatic heterocycles. The van der Waals surface area contributed by atoms with E-state index in [0.717, 1.165) is 7.05 Å². The molecule has 0 fully saturated rings. The summed E-state index contributed by atoms with van der Waals surface area (Å²) < 4.78 is 52.8. The van der Waals surface area contributed by atoms with Gasteiger partial charge in [-0.1, -0.05) is 0 Å². The fraction of sp³-hybridized carbons (Fsp3) is 1.00. The number of hydrogen-bond donors (Lipinski definition) is 1. The zero-order valence-corrected chi connectivity index (χ0v) is 11.5. The van der Waals surface area contributed by atoms with E-state index in [2.05, 4.69) is 0 Å². The predicted octanol–water partition coefficient (Wildman–Crippen LogP) is -4.92. The van der Waals surface area contributed by atoms with Gasteiger partial charge in [0, 0.05) is 0 Å². The van der Waals surface area contributed by atoms with E-state index in [1.807, 2.05) is 4.72 Å². The van der Waals surface area contributed by atoms with Crippen LogP contribution in [0.25, 0.3) is 0 Å². The minimum absolute atomic E-state index is 0. The van der Waals surface area contributed by atoms with Gasteiger partial charge in [0.1, 0.15) is 0 Å². The number of hydrogen-bond acceptors (Lipinski definition) is 5. The first-order valence-electron chi connectivity index (χ1n) is 2.61. The summed E-state index contributed by atoms with van der Waals surface area (Å²) >= 11 is 0. The molecule has 0 radical (unpaired) electrons. The van der Waals surface area contributed by atoms with Crippen molar-refractivity contribution in [1.29, 1.82) is 0 Å². The Labute approximate surface area is 114 Å². The molecule has 9 heteroatoms. The summed E-state index contributed by atoms with van der Waals surface area (Å²) in [5, 5.41) is 0. The zero-order valence-electron chi connectivity index (χ0n) is 6.77. The standard InChI is InChI=1S/C3H9NO5S2.K/c1-4-10(5,6)2-3-11(7,8)9;/h4H,2-3H2,1H3,(H,7,8,9);/q;+1/p-1. The molecule has 0 aliphatic carbocycles. The van der Waals surface area contributed by atoms with E-state index < -0.39 is 31.6 Å². The maximum atomic E-state index is 10.5. The predicted molar refractivity (Wildman–Crippen MR) is 37.4 cm³/mol. The molecule has 0 aliphatic heterocycles. The van der Waals surface area contributed by atoms with Gasteiger partial charge in [0.2, 0.25) is 10.0 Å². The molecule has 0 saturated heterocycles. The summed E-state index contributed by atoms with van der Waals surface area (Å²) in [5.74, 6) is -1.58. The molecule has 0 atom stereocenters. The first-order valence-corrected chi connectivity index (χ1v) is 5.84. The largest absolute Gasteiger partial charge is 1.00 e. The molecule has 0 rings (SSSR count). The van der Waals surface area contributed by atoms with Gasteiger partial charge in [-0.15, -0.1) is 0 Å². The summed E-state index contributed by atoms with van der Waals surface area (Å²) in [6.07, 6.45) is 0. The molecular weight excluding hydrogens is 233 g/mol. The van der Waals surface area contributed by atoms with Crippen molar-refractivity contribution in [2.45, 2.75) is 0 Å². The Balaban J connectivity index is 0. The van der Waals surface area contributed by atoms with Crippen LogP contribution in [0.15, 0.2) is 0 Å². The average molecular weight is 241 g/mol. The molecule has 0 bridgehead atoms. The Hall–Kier alpha value is 1.46. The van der Waals surface area contributed by atoms with Crippen molar-refractivity contribution >= 4 is 20.1 Å². The molecule has 6 nitrogen and oxygen atoms in total. The monoisotopic (exact) mass is 241 g/mol.